The number of rotatable bonds is 5. The Hall–Kier alpha value is -2.24. The minimum absolute atomic E-state index is 0.0551. The Morgan fingerprint density at radius 1 is 1.52 bits per heavy atom. The van der Waals surface area contributed by atoms with Gasteiger partial charge in [0.1, 0.15) is 12.3 Å². The zero-order valence-corrected chi connectivity index (χ0v) is 12.4. The smallest absolute Gasteiger partial charge is 0.244 e. The molecule has 2 heterocycles. The SMILES string of the molecule is Cc1nn(CC(=O)N(Cc2ccco2)C2CC2)c(C)c1N. The predicted octanol–water partition coefficient (Wildman–Crippen LogP) is 1.87. The fraction of sp³-hybridized carbons (Fsp3) is 0.467. The first-order valence-electron chi connectivity index (χ1n) is 7.17. The molecular weight excluding hydrogens is 268 g/mol. The van der Waals surface area contributed by atoms with E-state index in [0.29, 0.717) is 18.3 Å². The van der Waals surface area contributed by atoms with Crippen LogP contribution in [0.1, 0.15) is 30.0 Å². The number of hydrogen-bond donors (Lipinski definition) is 1. The van der Waals surface area contributed by atoms with E-state index in [1.165, 1.54) is 0 Å². The molecule has 112 valence electrons. The van der Waals surface area contributed by atoms with Crippen molar-refractivity contribution < 1.29 is 9.21 Å². The van der Waals surface area contributed by atoms with Crippen molar-refractivity contribution in [2.45, 2.75) is 45.8 Å². The first-order chi connectivity index (χ1) is 10.1. The van der Waals surface area contributed by atoms with Crippen molar-refractivity contribution in [3.8, 4) is 0 Å². The molecule has 3 rings (SSSR count). The lowest BCUT2D eigenvalue weighted by molar-refractivity contribution is -0.133. The number of nitrogen functional groups attached to an aromatic ring is 1. The molecule has 0 aromatic carbocycles. The number of nitrogens with two attached hydrogens (primary N) is 1. The number of anilines is 1. The van der Waals surface area contributed by atoms with E-state index in [0.717, 1.165) is 30.0 Å². The van der Waals surface area contributed by atoms with Gasteiger partial charge in [-0.25, -0.2) is 0 Å². The Morgan fingerprint density at radius 3 is 2.81 bits per heavy atom. The highest BCUT2D eigenvalue weighted by molar-refractivity contribution is 5.77. The molecule has 1 saturated carbocycles. The monoisotopic (exact) mass is 288 g/mol. The normalized spacial score (nSPS) is 14.4. The maximum absolute atomic E-state index is 12.6. The lowest BCUT2D eigenvalue weighted by Gasteiger charge is -2.21. The Kier molecular flexibility index (Phi) is 3.45. The molecule has 2 aromatic heterocycles. The molecule has 1 aliphatic carbocycles. The van der Waals surface area contributed by atoms with Crippen LogP contribution in [-0.2, 0) is 17.9 Å². The minimum atomic E-state index is 0.0551. The molecule has 1 amide bonds. The standard InChI is InChI=1S/C15H20N4O2/c1-10-15(16)11(2)19(17-10)9-14(20)18(12-5-6-12)8-13-4-3-7-21-13/h3-4,7,12H,5-6,8-9,16H2,1-2H3. The molecule has 0 aliphatic heterocycles. The van der Waals surface area contributed by atoms with E-state index >= 15 is 0 Å². The molecule has 2 N–H and O–H groups in total. The van der Waals surface area contributed by atoms with Crippen molar-refractivity contribution in [3.63, 3.8) is 0 Å². The summed E-state index contributed by atoms with van der Waals surface area (Å²) in [6.07, 6.45) is 3.75. The van der Waals surface area contributed by atoms with Gasteiger partial charge in [0.05, 0.1) is 29.9 Å². The van der Waals surface area contributed by atoms with Crippen molar-refractivity contribution in [1.29, 1.82) is 0 Å². The maximum atomic E-state index is 12.6. The molecule has 21 heavy (non-hydrogen) atoms. The highest BCUT2D eigenvalue weighted by atomic mass is 16.3. The van der Waals surface area contributed by atoms with Gasteiger partial charge >= 0.3 is 0 Å². The van der Waals surface area contributed by atoms with Crippen LogP contribution < -0.4 is 5.73 Å². The number of aryl methyl sites for hydroxylation is 1. The minimum Gasteiger partial charge on any atom is -0.467 e. The van der Waals surface area contributed by atoms with Crippen LogP contribution in [0.15, 0.2) is 22.8 Å². The first-order valence-corrected chi connectivity index (χ1v) is 7.17. The van der Waals surface area contributed by atoms with Gasteiger partial charge in [0, 0.05) is 6.04 Å². The van der Waals surface area contributed by atoms with Crippen LogP contribution in [0, 0.1) is 13.8 Å². The fourth-order valence-corrected chi connectivity index (χ4v) is 2.46. The molecule has 6 nitrogen and oxygen atoms in total. The third-order valence-electron chi connectivity index (χ3n) is 3.94. The maximum Gasteiger partial charge on any atom is 0.244 e. The number of furan rings is 1. The van der Waals surface area contributed by atoms with Gasteiger partial charge in [0.15, 0.2) is 0 Å². The number of carbonyl (C=O) groups excluding carboxylic acids is 1. The topological polar surface area (TPSA) is 77.3 Å². The van der Waals surface area contributed by atoms with Gasteiger partial charge in [0.25, 0.3) is 0 Å². The summed E-state index contributed by atoms with van der Waals surface area (Å²) in [6, 6.07) is 4.06. The molecule has 0 spiro atoms. The van der Waals surface area contributed by atoms with E-state index in [-0.39, 0.29) is 12.5 Å². The molecule has 0 bridgehead atoms. The van der Waals surface area contributed by atoms with Gasteiger partial charge in [-0.15, -0.1) is 0 Å². The van der Waals surface area contributed by atoms with E-state index in [4.69, 9.17) is 10.2 Å². The van der Waals surface area contributed by atoms with Crippen LogP contribution in [0.4, 0.5) is 5.69 Å². The van der Waals surface area contributed by atoms with Crippen LogP contribution in [0.3, 0.4) is 0 Å². The molecule has 0 radical (unpaired) electrons. The second-order valence-corrected chi connectivity index (χ2v) is 5.57. The first kappa shape index (κ1) is 13.7. The number of hydrogen-bond acceptors (Lipinski definition) is 4. The van der Waals surface area contributed by atoms with Crippen molar-refractivity contribution in [3.05, 3.63) is 35.5 Å². The molecule has 1 aliphatic rings. The van der Waals surface area contributed by atoms with E-state index in [1.807, 2.05) is 30.9 Å². The number of aromatic nitrogens is 2. The highest BCUT2D eigenvalue weighted by Gasteiger charge is 2.33. The quantitative estimate of drug-likeness (QED) is 0.911. The van der Waals surface area contributed by atoms with E-state index in [2.05, 4.69) is 5.10 Å². The largest absolute Gasteiger partial charge is 0.467 e. The van der Waals surface area contributed by atoms with Crippen LogP contribution in [0.25, 0.3) is 0 Å². The Labute approximate surface area is 123 Å². The third-order valence-corrected chi connectivity index (χ3v) is 3.94. The van der Waals surface area contributed by atoms with Gasteiger partial charge < -0.3 is 15.1 Å². The van der Waals surface area contributed by atoms with Gasteiger partial charge in [-0.2, -0.15) is 5.10 Å². The summed E-state index contributed by atoms with van der Waals surface area (Å²) in [5, 5.41) is 4.33. The zero-order valence-electron chi connectivity index (χ0n) is 12.4. The summed E-state index contributed by atoms with van der Waals surface area (Å²) in [4.78, 5) is 14.5. The second-order valence-electron chi connectivity index (χ2n) is 5.57. The zero-order chi connectivity index (χ0) is 15.0. The molecule has 0 atom stereocenters. The van der Waals surface area contributed by atoms with E-state index in [1.54, 1.807) is 10.9 Å². The Morgan fingerprint density at radius 2 is 2.29 bits per heavy atom. The summed E-state index contributed by atoms with van der Waals surface area (Å²) in [7, 11) is 0. The molecule has 2 aromatic rings. The fourth-order valence-electron chi connectivity index (χ4n) is 2.46. The average Bonchev–Trinajstić information content (AvgIpc) is 3.12. The number of nitrogens with zero attached hydrogens (tertiary/aromatic N) is 3. The van der Waals surface area contributed by atoms with Crippen LogP contribution >= 0.6 is 0 Å². The van der Waals surface area contributed by atoms with Crippen LogP contribution in [0.2, 0.25) is 0 Å². The van der Waals surface area contributed by atoms with Crippen molar-refractivity contribution in [2.24, 2.45) is 0 Å². The lowest BCUT2D eigenvalue weighted by atomic mass is 10.3. The number of carbonyl (C=O) groups is 1. The third kappa shape index (κ3) is 2.79. The summed E-state index contributed by atoms with van der Waals surface area (Å²) in [5.74, 6) is 0.864. The summed E-state index contributed by atoms with van der Waals surface area (Å²) in [5.41, 5.74) is 8.18. The van der Waals surface area contributed by atoms with E-state index in [9.17, 15) is 4.79 Å². The van der Waals surface area contributed by atoms with E-state index < -0.39 is 0 Å². The molecule has 1 fully saturated rings. The summed E-state index contributed by atoms with van der Waals surface area (Å²) in [6.45, 7) is 4.48. The second kappa shape index (κ2) is 5.27. The van der Waals surface area contributed by atoms with Crippen molar-refractivity contribution in [1.82, 2.24) is 14.7 Å². The van der Waals surface area contributed by atoms with Gasteiger partial charge in [0.2, 0.25) is 5.91 Å². The lowest BCUT2D eigenvalue weighted by Crippen LogP contribution is -2.35. The molecular formula is C15H20N4O2. The van der Waals surface area contributed by atoms with Crippen molar-refractivity contribution >= 4 is 11.6 Å². The highest BCUT2D eigenvalue weighted by Crippen LogP contribution is 2.29. The van der Waals surface area contributed by atoms with Crippen LogP contribution in [-0.4, -0.2) is 26.6 Å². The van der Waals surface area contributed by atoms with Gasteiger partial charge in [-0.1, -0.05) is 0 Å². The van der Waals surface area contributed by atoms with Crippen LogP contribution in [0.5, 0.6) is 0 Å². The van der Waals surface area contributed by atoms with Crippen molar-refractivity contribution in [2.75, 3.05) is 5.73 Å². The predicted molar refractivity (Wildman–Crippen MR) is 78.4 cm³/mol. The Bertz CT molecular complexity index is 641. The summed E-state index contributed by atoms with van der Waals surface area (Å²) < 4.78 is 7.04. The Balaban J connectivity index is 1.73. The summed E-state index contributed by atoms with van der Waals surface area (Å²) >= 11 is 0. The molecule has 0 unspecified atom stereocenters. The van der Waals surface area contributed by atoms with Gasteiger partial charge in [-0.3, -0.25) is 9.48 Å². The molecule has 0 saturated heterocycles. The molecule has 6 heteroatoms. The average molecular weight is 288 g/mol. The van der Waals surface area contributed by atoms with Gasteiger partial charge in [-0.05, 0) is 38.8 Å². The number of amides is 1.